The third kappa shape index (κ3) is 6.07. The van der Waals surface area contributed by atoms with E-state index in [0.717, 1.165) is 5.56 Å². The zero-order chi connectivity index (χ0) is 22.4. The van der Waals surface area contributed by atoms with Crippen molar-refractivity contribution >= 4 is 35.0 Å². The van der Waals surface area contributed by atoms with E-state index in [-0.39, 0.29) is 25.5 Å². The summed E-state index contributed by atoms with van der Waals surface area (Å²) in [5.74, 6) is -2.48. The molecule has 1 aliphatic rings. The van der Waals surface area contributed by atoms with Gasteiger partial charge >= 0.3 is 6.09 Å². The third-order valence-electron chi connectivity index (χ3n) is 4.58. The van der Waals surface area contributed by atoms with Gasteiger partial charge in [0.05, 0.1) is 6.54 Å². The number of hydrogen-bond donors (Lipinski definition) is 3. The summed E-state index contributed by atoms with van der Waals surface area (Å²) in [5, 5.41) is 16.6. The highest BCUT2D eigenvalue weighted by Crippen LogP contribution is 2.15. The van der Waals surface area contributed by atoms with E-state index in [1.165, 1.54) is 11.3 Å². The Balaban J connectivity index is 1.64. The number of rotatable bonds is 6. The normalized spacial score (nSPS) is 17.1. The van der Waals surface area contributed by atoms with Crippen molar-refractivity contribution in [2.45, 2.75) is 45.5 Å². The highest BCUT2D eigenvalue weighted by atomic mass is 32.1. The molecule has 0 saturated heterocycles. The molecular weight excluding hydrogens is 422 g/mol. The summed E-state index contributed by atoms with van der Waals surface area (Å²) in [6, 6.07) is 7.05. The molecule has 3 amide bonds. The molecule has 2 bridgehead atoms. The smallest absolute Gasteiger partial charge is 0.408 e. The van der Waals surface area contributed by atoms with Crippen molar-refractivity contribution in [2.24, 2.45) is 5.92 Å². The number of Topliss-reactive ketones (excluding diaryl/α,β-unsaturated/α-hetero) is 1. The minimum absolute atomic E-state index is 0.0406. The predicted octanol–water partition coefficient (Wildman–Crippen LogP) is 0.715. The summed E-state index contributed by atoms with van der Waals surface area (Å²) in [6.07, 6.45) is -0.719. The molecule has 2 unspecified atom stereocenters. The summed E-state index contributed by atoms with van der Waals surface area (Å²) in [5.41, 5.74) is 0.807. The van der Waals surface area contributed by atoms with E-state index >= 15 is 0 Å². The van der Waals surface area contributed by atoms with Crippen LogP contribution in [0.25, 0.3) is 0 Å². The predicted molar refractivity (Wildman–Crippen MR) is 111 cm³/mol. The molecule has 3 N–H and O–H groups in total. The standard InChI is InChI=1S/C20H23N5O5S/c1-11(2)16(23-20(29)30-10-12-6-4-3-5-7-12)18(27)22-13-8-14-24-25-15(31-14)9-21-19(28)17(13)26/h3-7,11,13,16H,8-10H2,1-2H3,(H,21,28)(H,22,27)(H,23,29). The lowest BCUT2D eigenvalue weighted by atomic mass is 10.0. The van der Waals surface area contributed by atoms with Gasteiger partial charge in [-0.3, -0.25) is 14.4 Å². The molecule has 11 heteroatoms. The van der Waals surface area contributed by atoms with Gasteiger partial charge in [0, 0.05) is 6.42 Å². The first-order valence-corrected chi connectivity index (χ1v) is 10.6. The van der Waals surface area contributed by atoms with Crippen molar-refractivity contribution in [3.63, 3.8) is 0 Å². The Bertz CT molecular complexity index is 962. The molecule has 2 heterocycles. The number of ether oxygens (including phenoxy) is 1. The van der Waals surface area contributed by atoms with E-state index in [1.54, 1.807) is 13.8 Å². The monoisotopic (exact) mass is 445 g/mol. The lowest BCUT2D eigenvalue weighted by Crippen LogP contribution is -2.56. The number of hydrogen-bond acceptors (Lipinski definition) is 8. The molecule has 0 spiro atoms. The highest BCUT2D eigenvalue weighted by molar-refractivity contribution is 7.11. The molecule has 1 aromatic heterocycles. The first kappa shape index (κ1) is 22.3. The van der Waals surface area contributed by atoms with E-state index < -0.39 is 35.8 Å². The molecule has 0 radical (unpaired) electrons. The van der Waals surface area contributed by atoms with Crippen LogP contribution in [0.5, 0.6) is 0 Å². The van der Waals surface area contributed by atoms with Crippen LogP contribution in [0.15, 0.2) is 30.3 Å². The molecule has 0 fully saturated rings. The molecule has 2 aromatic rings. The zero-order valence-corrected chi connectivity index (χ0v) is 17.9. The van der Waals surface area contributed by atoms with Gasteiger partial charge in [0.2, 0.25) is 11.7 Å². The maximum atomic E-state index is 12.9. The zero-order valence-electron chi connectivity index (χ0n) is 17.1. The van der Waals surface area contributed by atoms with Gasteiger partial charge in [0.15, 0.2) is 0 Å². The molecule has 164 valence electrons. The number of aromatic nitrogens is 2. The molecule has 2 atom stereocenters. The Labute approximate surface area is 182 Å². The number of fused-ring (bicyclic) bond motifs is 2. The largest absolute Gasteiger partial charge is 0.445 e. The van der Waals surface area contributed by atoms with Crippen LogP contribution in [0.3, 0.4) is 0 Å². The van der Waals surface area contributed by atoms with E-state index in [0.29, 0.717) is 10.0 Å². The lowest BCUT2D eigenvalue weighted by Gasteiger charge is -2.24. The molecule has 1 aromatic carbocycles. The van der Waals surface area contributed by atoms with Crippen molar-refractivity contribution in [3.05, 3.63) is 45.9 Å². The summed E-state index contributed by atoms with van der Waals surface area (Å²) < 4.78 is 5.18. The van der Waals surface area contributed by atoms with E-state index in [9.17, 15) is 19.2 Å². The van der Waals surface area contributed by atoms with Crippen LogP contribution in [0, 0.1) is 5.92 Å². The fourth-order valence-electron chi connectivity index (χ4n) is 2.92. The van der Waals surface area contributed by atoms with Crippen molar-refractivity contribution in [3.8, 4) is 0 Å². The quantitative estimate of drug-likeness (QED) is 0.557. The maximum Gasteiger partial charge on any atom is 0.408 e. The van der Waals surface area contributed by atoms with Gasteiger partial charge < -0.3 is 20.7 Å². The van der Waals surface area contributed by atoms with Crippen LogP contribution >= 0.6 is 11.3 Å². The molecular formula is C20H23N5O5S. The number of nitrogens with zero attached hydrogens (tertiary/aromatic N) is 2. The maximum absolute atomic E-state index is 12.9. The van der Waals surface area contributed by atoms with Crippen LogP contribution in [0.4, 0.5) is 4.79 Å². The van der Waals surface area contributed by atoms with Gasteiger partial charge in [-0.15, -0.1) is 10.2 Å². The average molecular weight is 446 g/mol. The number of nitrogens with one attached hydrogen (secondary N) is 3. The van der Waals surface area contributed by atoms with Crippen molar-refractivity contribution in [1.82, 2.24) is 26.1 Å². The molecule has 0 aliphatic carbocycles. The van der Waals surface area contributed by atoms with Gasteiger partial charge in [0.1, 0.15) is 28.7 Å². The van der Waals surface area contributed by atoms with E-state index in [2.05, 4.69) is 26.1 Å². The molecule has 10 nitrogen and oxygen atoms in total. The van der Waals surface area contributed by atoms with Crippen LogP contribution in [0.2, 0.25) is 0 Å². The van der Waals surface area contributed by atoms with Crippen LogP contribution in [0.1, 0.15) is 29.4 Å². The van der Waals surface area contributed by atoms with Crippen LogP contribution in [-0.2, 0) is 38.7 Å². The van der Waals surface area contributed by atoms with E-state index in [4.69, 9.17) is 4.74 Å². The summed E-state index contributed by atoms with van der Waals surface area (Å²) in [4.78, 5) is 49.7. The summed E-state index contributed by atoms with van der Waals surface area (Å²) in [6.45, 7) is 3.65. The second kappa shape index (κ2) is 10.1. The third-order valence-corrected chi connectivity index (χ3v) is 5.53. The number of ketones is 1. The highest BCUT2D eigenvalue weighted by Gasteiger charge is 2.33. The fourth-order valence-corrected chi connectivity index (χ4v) is 3.75. The second-order valence-corrected chi connectivity index (χ2v) is 8.48. The van der Waals surface area contributed by atoms with Crippen molar-refractivity contribution in [1.29, 1.82) is 0 Å². The van der Waals surface area contributed by atoms with Gasteiger partial charge in [-0.05, 0) is 11.5 Å². The molecule has 0 saturated carbocycles. The SMILES string of the molecule is CC(C)C(NC(=O)OCc1ccccc1)C(=O)NC1Cc2nnc(s2)CNC(=O)C1=O. The molecule has 1 aliphatic heterocycles. The molecule has 31 heavy (non-hydrogen) atoms. The number of amides is 3. The van der Waals surface area contributed by atoms with E-state index in [1.807, 2.05) is 30.3 Å². The Hall–Kier alpha value is -3.34. The lowest BCUT2D eigenvalue weighted by molar-refractivity contribution is -0.140. The van der Waals surface area contributed by atoms with Gasteiger partial charge in [0.25, 0.3) is 5.91 Å². The number of alkyl carbamates (subject to hydrolysis) is 1. The summed E-state index contributed by atoms with van der Waals surface area (Å²) >= 11 is 1.26. The van der Waals surface area contributed by atoms with Gasteiger partial charge in [-0.2, -0.15) is 0 Å². The Kier molecular flexibility index (Phi) is 7.29. The Morgan fingerprint density at radius 1 is 1.19 bits per heavy atom. The Morgan fingerprint density at radius 2 is 1.90 bits per heavy atom. The average Bonchev–Trinajstić information content (AvgIpc) is 3.21. The molecule has 3 rings (SSSR count). The van der Waals surface area contributed by atoms with Crippen LogP contribution < -0.4 is 16.0 Å². The first-order valence-electron chi connectivity index (χ1n) is 9.74. The second-order valence-electron chi connectivity index (χ2n) is 7.33. The number of benzene rings is 1. The minimum atomic E-state index is -1.12. The van der Waals surface area contributed by atoms with Gasteiger partial charge in [-0.25, -0.2) is 4.79 Å². The van der Waals surface area contributed by atoms with Gasteiger partial charge in [-0.1, -0.05) is 55.5 Å². The number of carbonyl (C=O) groups excluding carboxylic acids is 4. The Morgan fingerprint density at radius 3 is 2.61 bits per heavy atom. The van der Waals surface area contributed by atoms with Crippen molar-refractivity contribution in [2.75, 3.05) is 0 Å². The first-order chi connectivity index (χ1) is 14.8. The van der Waals surface area contributed by atoms with Crippen LogP contribution in [-0.4, -0.2) is 46.0 Å². The number of carbonyl (C=O) groups is 4. The fraction of sp³-hybridized carbons (Fsp3) is 0.400. The topological polar surface area (TPSA) is 139 Å². The minimum Gasteiger partial charge on any atom is -0.445 e. The summed E-state index contributed by atoms with van der Waals surface area (Å²) in [7, 11) is 0. The van der Waals surface area contributed by atoms with Crippen molar-refractivity contribution < 1.29 is 23.9 Å².